The van der Waals surface area contributed by atoms with Crippen LogP contribution in [0.5, 0.6) is 0 Å². The zero-order valence-electron chi connectivity index (χ0n) is 11.2. The van der Waals surface area contributed by atoms with Crippen molar-refractivity contribution in [1.29, 1.82) is 0 Å². The lowest BCUT2D eigenvalue weighted by molar-refractivity contribution is -0.384. The van der Waals surface area contributed by atoms with Gasteiger partial charge in [0.15, 0.2) is 0 Å². The van der Waals surface area contributed by atoms with Crippen LogP contribution in [0.25, 0.3) is 0 Å². The summed E-state index contributed by atoms with van der Waals surface area (Å²) in [5, 5.41) is 17.2. The number of nitro groups is 1. The lowest BCUT2D eigenvalue weighted by Crippen LogP contribution is -2.27. The topological polar surface area (TPSA) is 67.2 Å². The molecule has 1 aromatic carbocycles. The van der Waals surface area contributed by atoms with E-state index in [1.807, 2.05) is 17.8 Å². The highest BCUT2D eigenvalue weighted by Gasteiger charge is 2.29. The van der Waals surface area contributed by atoms with Crippen molar-refractivity contribution in [3.05, 3.63) is 28.3 Å². The first kappa shape index (κ1) is 14.0. The van der Waals surface area contributed by atoms with E-state index in [-0.39, 0.29) is 15.4 Å². The van der Waals surface area contributed by atoms with E-state index in [4.69, 9.17) is 0 Å². The molecule has 19 heavy (non-hydrogen) atoms. The fourth-order valence-electron chi connectivity index (χ4n) is 2.23. The van der Waals surface area contributed by atoms with Crippen LogP contribution in [0.15, 0.2) is 18.2 Å². The molecule has 1 atom stereocenters. The molecule has 0 amide bonds. The molecule has 104 valence electrons. The molecule has 1 aliphatic rings. The molecule has 1 unspecified atom stereocenters. The Bertz CT molecular complexity index is 473. The van der Waals surface area contributed by atoms with E-state index in [1.165, 1.54) is 24.7 Å². The summed E-state index contributed by atoms with van der Waals surface area (Å²) in [6, 6.07) is 5.02. The van der Waals surface area contributed by atoms with Gasteiger partial charge in [0.2, 0.25) is 0 Å². The van der Waals surface area contributed by atoms with E-state index in [1.54, 1.807) is 13.1 Å². The second kappa shape index (κ2) is 5.69. The normalized spacial score (nSPS) is 22.2. The molecule has 2 N–H and O–H groups in total. The van der Waals surface area contributed by atoms with E-state index in [2.05, 4.69) is 17.6 Å². The third-order valence-electron chi connectivity index (χ3n) is 3.38. The largest absolute Gasteiger partial charge is 0.388 e. The van der Waals surface area contributed by atoms with Gasteiger partial charge >= 0.3 is 0 Å². The summed E-state index contributed by atoms with van der Waals surface area (Å²) >= 11 is 1.97. The molecule has 1 heterocycles. The highest BCUT2D eigenvalue weighted by molar-refractivity contribution is 8.00. The number of rotatable bonds is 5. The molecular weight excluding hydrogens is 262 g/mol. The summed E-state index contributed by atoms with van der Waals surface area (Å²) in [5.74, 6) is 1.20. The second-order valence-electron chi connectivity index (χ2n) is 5.03. The van der Waals surface area contributed by atoms with E-state index >= 15 is 0 Å². The maximum absolute atomic E-state index is 10.9. The Hall–Kier alpha value is -1.43. The Balaban J connectivity index is 2.10. The van der Waals surface area contributed by atoms with Gasteiger partial charge in [-0.1, -0.05) is 0 Å². The van der Waals surface area contributed by atoms with Crippen LogP contribution in [0.3, 0.4) is 0 Å². The first-order chi connectivity index (χ1) is 9.02. The van der Waals surface area contributed by atoms with E-state index in [0.717, 1.165) is 17.9 Å². The van der Waals surface area contributed by atoms with E-state index < -0.39 is 0 Å². The quantitative estimate of drug-likeness (QED) is 0.640. The molecule has 0 radical (unpaired) electrons. The molecule has 1 saturated heterocycles. The number of benzene rings is 1. The van der Waals surface area contributed by atoms with Crippen molar-refractivity contribution in [3.63, 3.8) is 0 Å². The number of nitrogens with one attached hydrogen (secondary N) is 2. The number of anilines is 2. The van der Waals surface area contributed by atoms with Gasteiger partial charge in [0.1, 0.15) is 0 Å². The summed E-state index contributed by atoms with van der Waals surface area (Å²) in [7, 11) is 1.76. The minimum Gasteiger partial charge on any atom is -0.388 e. The predicted molar refractivity (Wildman–Crippen MR) is 81.2 cm³/mol. The molecule has 0 bridgehead atoms. The number of hydrogen-bond acceptors (Lipinski definition) is 5. The fraction of sp³-hybridized carbons (Fsp3) is 0.538. The van der Waals surface area contributed by atoms with Crippen LogP contribution in [0.1, 0.15) is 19.8 Å². The summed E-state index contributed by atoms with van der Waals surface area (Å²) < 4.78 is 0.241. The van der Waals surface area contributed by atoms with Gasteiger partial charge in [-0.25, -0.2) is 0 Å². The maximum Gasteiger partial charge on any atom is 0.273 e. The summed E-state index contributed by atoms with van der Waals surface area (Å²) in [6.45, 7) is 3.08. The molecule has 5 nitrogen and oxygen atoms in total. The van der Waals surface area contributed by atoms with Crippen molar-refractivity contribution in [3.8, 4) is 0 Å². The molecule has 1 aromatic rings. The molecule has 6 heteroatoms. The van der Waals surface area contributed by atoms with Gasteiger partial charge in [0, 0.05) is 41.8 Å². The van der Waals surface area contributed by atoms with Crippen LogP contribution in [0.4, 0.5) is 17.1 Å². The fourth-order valence-corrected chi connectivity index (χ4v) is 3.47. The number of nitro benzene ring substituents is 1. The Labute approximate surface area is 117 Å². The minimum atomic E-state index is -0.363. The molecule has 0 aliphatic carbocycles. The highest BCUT2D eigenvalue weighted by Crippen LogP contribution is 2.38. The van der Waals surface area contributed by atoms with Gasteiger partial charge < -0.3 is 10.6 Å². The monoisotopic (exact) mass is 281 g/mol. The van der Waals surface area contributed by atoms with Crippen LogP contribution in [-0.2, 0) is 0 Å². The molecule has 0 aromatic heterocycles. The summed E-state index contributed by atoms with van der Waals surface area (Å²) in [4.78, 5) is 10.5. The van der Waals surface area contributed by atoms with Crippen LogP contribution in [0, 0.1) is 10.1 Å². The number of thioether (sulfide) groups is 1. The van der Waals surface area contributed by atoms with Gasteiger partial charge in [-0.05, 0) is 31.6 Å². The SMILES string of the molecule is CNc1cc(NCC2(C)CCCS2)cc([N+](=O)[O-])c1. The number of non-ortho nitro benzene ring substituents is 1. The minimum absolute atomic E-state index is 0.110. The van der Waals surface area contributed by atoms with E-state index in [0.29, 0.717) is 0 Å². The average Bonchev–Trinajstić information content (AvgIpc) is 2.83. The molecule has 0 spiro atoms. The molecule has 1 fully saturated rings. The van der Waals surface area contributed by atoms with Crippen molar-refractivity contribution in [1.82, 2.24) is 0 Å². The van der Waals surface area contributed by atoms with Gasteiger partial charge in [0.25, 0.3) is 5.69 Å². The zero-order valence-corrected chi connectivity index (χ0v) is 12.0. The third-order valence-corrected chi connectivity index (χ3v) is 4.92. The Morgan fingerprint density at radius 1 is 1.42 bits per heavy atom. The van der Waals surface area contributed by atoms with Gasteiger partial charge in [-0.2, -0.15) is 11.8 Å². The lowest BCUT2D eigenvalue weighted by Gasteiger charge is -2.23. The van der Waals surface area contributed by atoms with Crippen LogP contribution in [0.2, 0.25) is 0 Å². The maximum atomic E-state index is 10.9. The third kappa shape index (κ3) is 3.53. The van der Waals surface area contributed by atoms with Crippen molar-refractivity contribution >= 4 is 28.8 Å². The lowest BCUT2D eigenvalue weighted by atomic mass is 10.1. The van der Waals surface area contributed by atoms with Crippen LogP contribution in [-0.4, -0.2) is 29.0 Å². The molecule has 0 saturated carbocycles. The summed E-state index contributed by atoms with van der Waals surface area (Å²) in [5.41, 5.74) is 1.66. The summed E-state index contributed by atoms with van der Waals surface area (Å²) in [6.07, 6.45) is 2.44. The Morgan fingerprint density at radius 2 is 2.16 bits per heavy atom. The number of hydrogen-bond donors (Lipinski definition) is 2. The Kier molecular flexibility index (Phi) is 4.19. The number of nitrogens with zero attached hydrogens (tertiary/aromatic N) is 1. The first-order valence-electron chi connectivity index (χ1n) is 6.37. The smallest absolute Gasteiger partial charge is 0.273 e. The van der Waals surface area contributed by atoms with Crippen LogP contribution < -0.4 is 10.6 Å². The Morgan fingerprint density at radius 3 is 2.74 bits per heavy atom. The highest BCUT2D eigenvalue weighted by atomic mass is 32.2. The molecule has 1 aliphatic heterocycles. The van der Waals surface area contributed by atoms with Gasteiger partial charge in [-0.3, -0.25) is 10.1 Å². The van der Waals surface area contributed by atoms with Crippen molar-refractivity contribution < 1.29 is 4.92 Å². The van der Waals surface area contributed by atoms with Gasteiger partial charge in [-0.15, -0.1) is 0 Å². The zero-order chi connectivity index (χ0) is 13.9. The van der Waals surface area contributed by atoms with Crippen molar-refractivity contribution in [2.75, 3.05) is 30.0 Å². The molecular formula is C13H19N3O2S. The van der Waals surface area contributed by atoms with Crippen molar-refractivity contribution in [2.24, 2.45) is 0 Å². The van der Waals surface area contributed by atoms with Crippen molar-refractivity contribution in [2.45, 2.75) is 24.5 Å². The molecule has 2 rings (SSSR count). The van der Waals surface area contributed by atoms with Gasteiger partial charge in [0.05, 0.1) is 4.92 Å². The second-order valence-corrected chi connectivity index (χ2v) is 6.71. The average molecular weight is 281 g/mol. The van der Waals surface area contributed by atoms with Crippen LogP contribution >= 0.6 is 11.8 Å². The predicted octanol–water partition coefficient (Wildman–Crippen LogP) is 3.33. The van der Waals surface area contributed by atoms with E-state index in [9.17, 15) is 10.1 Å². The first-order valence-corrected chi connectivity index (χ1v) is 7.36. The standard InChI is InChI=1S/C13H19N3O2S/c1-13(4-3-5-19-13)9-15-11-6-10(14-2)7-12(8-11)16(17)18/h6-8,14-15H,3-5,9H2,1-2H3.